The van der Waals surface area contributed by atoms with Crippen molar-refractivity contribution < 1.29 is 24.2 Å². The Balaban J connectivity index is 2.32. The first-order chi connectivity index (χ1) is 11.5. The van der Waals surface area contributed by atoms with Gasteiger partial charge in [0.25, 0.3) is 0 Å². The van der Waals surface area contributed by atoms with E-state index in [4.69, 9.17) is 0 Å². The van der Waals surface area contributed by atoms with Crippen molar-refractivity contribution in [2.45, 2.75) is 6.04 Å². The van der Waals surface area contributed by atoms with Gasteiger partial charge in [0, 0.05) is 10.9 Å². The molecule has 24 heavy (non-hydrogen) atoms. The summed E-state index contributed by atoms with van der Waals surface area (Å²) >= 11 is 1.19. The average Bonchev–Trinajstić information content (AvgIpc) is 3.04. The molecule has 2 aromatic heterocycles. The standard InChI is InChI=1S/C16H9FN2O4S/c17-9-3-1-8(2-4-9)11-10-5-6-24-15(10)14(21)12(19-11)13(16(22)23)18-7-20/h1-6,13,21H,(H,22,23). The van der Waals surface area contributed by atoms with Gasteiger partial charge in [0.15, 0.2) is 5.75 Å². The van der Waals surface area contributed by atoms with Gasteiger partial charge in [-0.2, -0.15) is 4.99 Å². The lowest BCUT2D eigenvalue weighted by Crippen LogP contribution is -2.11. The predicted octanol–water partition coefficient (Wildman–Crippen LogP) is 3.27. The molecule has 3 aromatic rings. The summed E-state index contributed by atoms with van der Waals surface area (Å²) in [4.78, 5) is 29.3. The molecule has 0 fully saturated rings. The van der Waals surface area contributed by atoms with Crippen molar-refractivity contribution in [2.24, 2.45) is 4.99 Å². The Morgan fingerprint density at radius 2 is 2.00 bits per heavy atom. The second-order valence-corrected chi connectivity index (χ2v) is 5.74. The molecule has 0 aliphatic rings. The number of aromatic nitrogens is 1. The number of carboxylic acid groups (broad SMARTS) is 1. The molecule has 1 unspecified atom stereocenters. The highest BCUT2D eigenvalue weighted by molar-refractivity contribution is 7.17. The SMILES string of the molecule is O=C=NC(C(=O)O)c1nc(-c2ccc(F)cc2)c2ccsc2c1O. The van der Waals surface area contributed by atoms with Crippen molar-refractivity contribution in [1.29, 1.82) is 0 Å². The maximum absolute atomic E-state index is 13.1. The van der Waals surface area contributed by atoms with Gasteiger partial charge in [-0.3, -0.25) is 0 Å². The lowest BCUT2D eigenvalue weighted by atomic mass is 10.0. The van der Waals surface area contributed by atoms with Gasteiger partial charge in [0.1, 0.15) is 11.5 Å². The predicted molar refractivity (Wildman–Crippen MR) is 85.2 cm³/mol. The van der Waals surface area contributed by atoms with Crippen LogP contribution >= 0.6 is 11.3 Å². The smallest absolute Gasteiger partial charge is 0.335 e. The molecule has 0 saturated carbocycles. The van der Waals surface area contributed by atoms with Gasteiger partial charge in [0.2, 0.25) is 12.1 Å². The Hall–Kier alpha value is -3.09. The van der Waals surface area contributed by atoms with Crippen LogP contribution in [0.25, 0.3) is 21.3 Å². The number of halogens is 1. The van der Waals surface area contributed by atoms with E-state index in [0.29, 0.717) is 21.3 Å². The van der Waals surface area contributed by atoms with Crippen LogP contribution in [0, 0.1) is 5.82 Å². The average molecular weight is 344 g/mol. The van der Waals surface area contributed by atoms with E-state index in [1.165, 1.54) is 41.7 Å². The zero-order valence-corrected chi connectivity index (χ0v) is 12.7. The monoisotopic (exact) mass is 344 g/mol. The summed E-state index contributed by atoms with van der Waals surface area (Å²) in [6.07, 6.45) is 1.18. The molecule has 0 aliphatic heterocycles. The van der Waals surface area contributed by atoms with Crippen LogP contribution in [0.5, 0.6) is 5.75 Å². The number of aliphatic carboxylic acids is 1. The Morgan fingerprint density at radius 1 is 1.29 bits per heavy atom. The molecule has 0 saturated heterocycles. The van der Waals surface area contributed by atoms with Gasteiger partial charge in [0.05, 0.1) is 10.4 Å². The molecule has 0 radical (unpaired) electrons. The highest BCUT2D eigenvalue weighted by Gasteiger charge is 2.27. The topological polar surface area (TPSA) is 99.9 Å². The fourth-order valence-corrected chi connectivity index (χ4v) is 3.18. The molecule has 120 valence electrons. The number of pyridine rings is 1. The molecule has 6 nitrogen and oxygen atoms in total. The van der Waals surface area contributed by atoms with Crippen LogP contribution < -0.4 is 0 Å². The molecular weight excluding hydrogens is 335 g/mol. The summed E-state index contributed by atoms with van der Waals surface area (Å²) in [5, 5.41) is 21.9. The second kappa shape index (κ2) is 6.19. The summed E-state index contributed by atoms with van der Waals surface area (Å²) in [5.41, 5.74) is 0.645. The van der Waals surface area contributed by atoms with Crippen molar-refractivity contribution in [3.05, 3.63) is 47.2 Å². The number of isocyanates is 1. The molecule has 0 aliphatic carbocycles. The number of thiophene rings is 1. The summed E-state index contributed by atoms with van der Waals surface area (Å²) in [6.45, 7) is 0. The lowest BCUT2D eigenvalue weighted by Gasteiger charge is -2.12. The van der Waals surface area contributed by atoms with E-state index >= 15 is 0 Å². The summed E-state index contributed by atoms with van der Waals surface area (Å²) in [5.74, 6) is -2.22. The number of carbonyl (C=O) groups is 1. The molecule has 0 bridgehead atoms. The number of hydrogen-bond donors (Lipinski definition) is 2. The molecule has 8 heteroatoms. The minimum atomic E-state index is -1.67. The molecule has 2 N–H and O–H groups in total. The first-order valence-corrected chi connectivity index (χ1v) is 7.56. The summed E-state index contributed by atoms with van der Waals surface area (Å²) in [6, 6.07) is 5.53. The van der Waals surface area contributed by atoms with E-state index in [-0.39, 0.29) is 11.4 Å². The van der Waals surface area contributed by atoms with Gasteiger partial charge >= 0.3 is 5.97 Å². The fourth-order valence-electron chi connectivity index (χ4n) is 2.33. The minimum Gasteiger partial charge on any atom is -0.505 e. The second-order valence-electron chi connectivity index (χ2n) is 4.83. The van der Waals surface area contributed by atoms with Gasteiger partial charge < -0.3 is 10.2 Å². The van der Waals surface area contributed by atoms with Gasteiger partial charge in [-0.25, -0.2) is 19.0 Å². The van der Waals surface area contributed by atoms with E-state index in [0.717, 1.165) is 0 Å². The zero-order valence-electron chi connectivity index (χ0n) is 11.9. The third-order valence-electron chi connectivity index (χ3n) is 3.40. The van der Waals surface area contributed by atoms with Gasteiger partial charge in [-0.1, -0.05) is 0 Å². The number of aromatic hydroxyl groups is 1. The van der Waals surface area contributed by atoms with Crippen molar-refractivity contribution in [3.8, 4) is 17.0 Å². The lowest BCUT2D eigenvalue weighted by molar-refractivity contribution is -0.138. The van der Waals surface area contributed by atoms with Crippen LogP contribution in [-0.2, 0) is 9.59 Å². The molecule has 1 atom stereocenters. The van der Waals surface area contributed by atoms with Crippen LogP contribution in [0.1, 0.15) is 11.7 Å². The summed E-state index contributed by atoms with van der Waals surface area (Å²) in [7, 11) is 0. The number of nitrogens with zero attached hydrogens (tertiary/aromatic N) is 2. The number of rotatable bonds is 4. The van der Waals surface area contributed by atoms with E-state index in [1.54, 1.807) is 11.4 Å². The maximum Gasteiger partial charge on any atom is 0.335 e. The number of benzene rings is 1. The zero-order chi connectivity index (χ0) is 17.3. The van der Waals surface area contributed by atoms with Gasteiger partial charge in [-0.15, -0.1) is 11.3 Å². The van der Waals surface area contributed by atoms with E-state index in [2.05, 4.69) is 9.98 Å². The third-order valence-corrected chi connectivity index (χ3v) is 4.32. The normalized spacial score (nSPS) is 11.9. The Kier molecular flexibility index (Phi) is 4.07. The first-order valence-electron chi connectivity index (χ1n) is 6.68. The largest absolute Gasteiger partial charge is 0.505 e. The molecule has 1 aromatic carbocycles. The number of carbonyl (C=O) groups excluding carboxylic acids is 1. The van der Waals surface area contributed by atoms with E-state index in [1.807, 2.05) is 0 Å². The van der Waals surface area contributed by atoms with Crippen molar-refractivity contribution >= 4 is 33.5 Å². The van der Waals surface area contributed by atoms with Crippen molar-refractivity contribution in [2.75, 3.05) is 0 Å². The van der Waals surface area contributed by atoms with Crippen LogP contribution in [0.15, 0.2) is 40.7 Å². The van der Waals surface area contributed by atoms with Crippen LogP contribution in [0.3, 0.4) is 0 Å². The van der Waals surface area contributed by atoms with Crippen LogP contribution in [0.4, 0.5) is 4.39 Å². The number of fused-ring (bicyclic) bond motifs is 1. The minimum absolute atomic E-state index is 0.264. The van der Waals surface area contributed by atoms with E-state index < -0.39 is 17.8 Å². The molecule has 0 amide bonds. The van der Waals surface area contributed by atoms with Crippen LogP contribution in [0.2, 0.25) is 0 Å². The summed E-state index contributed by atoms with van der Waals surface area (Å²) < 4.78 is 13.5. The Morgan fingerprint density at radius 3 is 2.62 bits per heavy atom. The Bertz CT molecular complexity index is 976. The van der Waals surface area contributed by atoms with Crippen LogP contribution in [-0.4, -0.2) is 27.2 Å². The number of hydrogen-bond acceptors (Lipinski definition) is 6. The number of aliphatic imine (C=N–C) groups is 1. The van der Waals surface area contributed by atoms with Gasteiger partial charge in [-0.05, 0) is 35.7 Å². The molecule has 0 spiro atoms. The first kappa shape index (κ1) is 15.8. The maximum atomic E-state index is 13.1. The highest BCUT2D eigenvalue weighted by Crippen LogP contribution is 2.40. The third kappa shape index (κ3) is 2.64. The van der Waals surface area contributed by atoms with Crippen molar-refractivity contribution in [3.63, 3.8) is 0 Å². The Labute approximate surface area is 138 Å². The molecule has 2 heterocycles. The number of carboxylic acids is 1. The molecular formula is C16H9FN2O4S. The molecule has 3 rings (SSSR count). The van der Waals surface area contributed by atoms with E-state index in [9.17, 15) is 24.2 Å². The van der Waals surface area contributed by atoms with Crippen molar-refractivity contribution in [1.82, 2.24) is 4.98 Å². The highest BCUT2D eigenvalue weighted by atomic mass is 32.1. The quantitative estimate of drug-likeness (QED) is 0.559. The fraction of sp³-hybridized carbons (Fsp3) is 0.0625.